The summed E-state index contributed by atoms with van der Waals surface area (Å²) in [5.41, 5.74) is 2.47. The molecule has 3 unspecified atom stereocenters. The maximum atomic E-state index is 13.6. The highest BCUT2D eigenvalue weighted by Crippen LogP contribution is 2.48. The van der Waals surface area contributed by atoms with Crippen molar-refractivity contribution in [3.63, 3.8) is 0 Å². The lowest BCUT2D eigenvalue weighted by Gasteiger charge is -2.46. The Bertz CT molecular complexity index is 1370. The van der Waals surface area contributed by atoms with Gasteiger partial charge in [-0.15, -0.1) is 0 Å². The molecular formula is C30H35N5O5S. The SMILES string of the molecule is COCCC(=O)N1CC[C@@H](NC(=O)C2=C3NC(=O)N(c4ccc(Oc5ccccc5)cc4C)C4CCNC(S2)C34)C1. The zero-order valence-electron chi connectivity index (χ0n) is 23.2. The molecule has 4 aliphatic rings. The summed E-state index contributed by atoms with van der Waals surface area (Å²) in [7, 11) is 1.58. The Hall–Kier alpha value is -3.54. The number of urea groups is 1. The van der Waals surface area contributed by atoms with Crippen LogP contribution in [0.4, 0.5) is 10.5 Å². The largest absolute Gasteiger partial charge is 0.457 e. The molecule has 2 aromatic rings. The predicted molar refractivity (Wildman–Crippen MR) is 157 cm³/mol. The van der Waals surface area contributed by atoms with Crippen LogP contribution in [0.25, 0.3) is 0 Å². The fourth-order valence-electron chi connectivity index (χ4n) is 6.19. The first kappa shape index (κ1) is 27.6. The third kappa shape index (κ3) is 5.53. The predicted octanol–water partition coefficient (Wildman–Crippen LogP) is 3.33. The average Bonchev–Trinajstić information content (AvgIpc) is 3.59. The van der Waals surface area contributed by atoms with Gasteiger partial charge in [0.25, 0.3) is 5.91 Å². The number of anilines is 1. The van der Waals surface area contributed by atoms with E-state index in [9.17, 15) is 14.4 Å². The van der Waals surface area contributed by atoms with Gasteiger partial charge in [0.05, 0.1) is 29.3 Å². The monoisotopic (exact) mass is 577 g/mol. The molecule has 216 valence electrons. The summed E-state index contributed by atoms with van der Waals surface area (Å²) in [5.74, 6) is 1.27. The van der Waals surface area contributed by atoms with Crippen molar-refractivity contribution < 1.29 is 23.9 Å². The molecule has 0 aliphatic carbocycles. The molecule has 4 amide bonds. The molecule has 4 heterocycles. The molecule has 4 atom stereocenters. The molecule has 4 aliphatic heterocycles. The molecule has 0 radical (unpaired) electrons. The van der Waals surface area contributed by atoms with Gasteiger partial charge in [-0.2, -0.15) is 0 Å². The van der Waals surface area contributed by atoms with Crippen molar-refractivity contribution in [3.8, 4) is 11.5 Å². The Morgan fingerprint density at radius 3 is 2.73 bits per heavy atom. The summed E-state index contributed by atoms with van der Waals surface area (Å²) < 4.78 is 11.0. The Labute approximate surface area is 243 Å². The number of methoxy groups -OCH3 is 1. The van der Waals surface area contributed by atoms with E-state index in [0.29, 0.717) is 48.9 Å². The lowest BCUT2D eigenvalue weighted by molar-refractivity contribution is -0.131. The highest BCUT2D eigenvalue weighted by Gasteiger charge is 2.52. The molecule has 3 fully saturated rings. The van der Waals surface area contributed by atoms with Crippen molar-refractivity contribution in [1.82, 2.24) is 20.9 Å². The molecule has 0 bridgehead atoms. The highest BCUT2D eigenvalue weighted by atomic mass is 32.2. The number of amides is 4. The number of nitrogens with zero attached hydrogens (tertiary/aromatic N) is 2. The Kier molecular flexibility index (Phi) is 7.92. The molecule has 3 N–H and O–H groups in total. The molecule has 3 saturated heterocycles. The van der Waals surface area contributed by atoms with Crippen LogP contribution in [0.3, 0.4) is 0 Å². The van der Waals surface area contributed by atoms with Crippen LogP contribution in [0, 0.1) is 12.8 Å². The van der Waals surface area contributed by atoms with E-state index in [-0.39, 0.29) is 41.2 Å². The van der Waals surface area contributed by atoms with Crippen LogP contribution in [0.15, 0.2) is 59.1 Å². The molecule has 0 aromatic heterocycles. The number of aryl methyl sites for hydroxylation is 1. The lowest BCUT2D eigenvalue weighted by atomic mass is 9.86. The second-order valence-electron chi connectivity index (χ2n) is 10.8. The van der Waals surface area contributed by atoms with Crippen molar-refractivity contribution in [2.24, 2.45) is 5.92 Å². The van der Waals surface area contributed by atoms with Gasteiger partial charge in [-0.1, -0.05) is 30.0 Å². The standard InChI is InChI=1S/C30H35N5O5S/c1-18-16-21(40-20-6-4-3-5-7-20)8-9-22(18)35-23-10-13-31-29-25(23)26(33-30(35)38)27(41-29)28(37)32-19-11-14-34(17-19)24(36)12-15-39-2/h3-9,16,19,23,25,29,31H,10-15,17H2,1-2H3,(H,32,37)(H,33,38)/t19-,23?,25?,29?/m1/s1. The van der Waals surface area contributed by atoms with Gasteiger partial charge < -0.3 is 30.3 Å². The second kappa shape index (κ2) is 11.8. The summed E-state index contributed by atoms with van der Waals surface area (Å²) in [4.78, 5) is 43.6. The van der Waals surface area contributed by atoms with Gasteiger partial charge in [-0.25, -0.2) is 4.79 Å². The summed E-state index contributed by atoms with van der Waals surface area (Å²) in [6, 6.07) is 14.9. The summed E-state index contributed by atoms with van der Waals surface area (Å²) in [6.45, 7) is 4.22. The van der Waals surface area contributed by atoms with Gasteiger partial charge in [0, 0.05) is 43.5 Å². The quantitative estimate of drug-likeness (QED) is 0.441. The van der Waals surface area contributed by atoms with Gasteiger partial charge in [0.1, 0.15) is 11.5 Å². The number of hydrogen-bond donors (Lipinski definition) is 3. The van der Waals surface area contributed by atoms with E-state index in [1.807, 2.05) is 60.4 Å². The first-order valence-corrected chi connectivity index (χ1v) is 15.0. The van der Waals surface area contributed by atoms with Gasteiger partial charge in [-0.05, 0) is 62.2 Å². The van der Waals surface area contributed by atoms with Crippen LogP contribution in [-0.4, -0.2) is 73.6 Å². The first-order chi connectivity index (χ1) is 19.9. The van der Waals surface area contributed by atoms with Crippen LogP contribution in [0.5, 0.6) is 11.5 Å². The van der Waals surface area contributed by atoms with Gasteiger partial charge in [-0.3, -0.25) is 14.5 Å². The summed E-state index contributed by atoms with van der Waals surface area (Å²) in [6.07, 6.45) is 1.81. The molecule has 10 nitrogen and oxygen atoms in total. The lowest BCUT2D eigenvalue weighted by Crippen LogP contribution is -2.62. The maximum absolute atomic E-state index is 13.6. The summed E-state index contributed by atoms with van der Waals surface area (Å²) in [5, 5.41) is 9.73. The smallest absolute Gasteiger partial charge is 0.326 e. The number of carbonyl (C=O) groups excluding carboxylic acids is 3. The Balaban J connectivity index is 1.18. The second-order valence-corrected chi connectivity index (χ2v) is 12.0. The Morgan fingerprint density at radius 2 is 1.95 bits per heavy atom. The van der Waals surface area contributed by atoms with Crippen LogP contribution in [0.1, 0.15) is 24.8 Å². The van der Waals surface area contributed by atoms with E-state index in [4.69, 9.17) is 9.47 Å². The minimum atomic E-state index is -0.231. The number of benzene rings is 2. The molecule has 6 rings (SSSR count). The number of nitrogens with one attached hydrogen (secondary N) is 3. The summed E-state index contributed by atoms with van der Waals surface area (Å²) >= 11 is 1.49. The van der Waals surface area contributed by atoms with Crippen molar-refractivity contribution in [1.29, 1.82) is 0 Å². The van der Waals surface area contributed by atoms with Crippen LogP contribution in [0.2, 0.25) is 0 Å². The van der Waals surface area contributed by atoms with Gasteiger partial charge >= 0.3 is 6.03 Å². The minimum Gasteiger partial charge on any atom is -0.457 e. The van der Waals surface area contributed by atoms with E-state index in [1.54, 1.807) is 12.0 Å². The zero-order chi connectivity index (χ0) is 28.5. The van der Waals surface area contributed by atoms with E-state index < -0.39 is 0 Å². The molecular weight excluding hydrogens is 542 g/mol. The average molecular weight is 578 g/mol. The molecule has 2 aromatic carbocycles. The number of thioether (sulfide) groups is 1. The van der Waals surface area contributed by atoms with Gasteiger partial charge in [0.15, 0.2) is 0 Å². The fraction of sp³-hybridized carbons (Fsp3) is 0.433. The van der Waals surface area contributed by atoms with Crippen LogP contribution in [-0.2, 0) is 14.3 Å². The molecule has 11 heteroatoms. The van der Waals surface area contributed by atoms with E-state index in [1.165, 1.54) is 11.8 Å². The normalized spacial score (nSPS) is 25.2. The number of piperidine rings is 1. The highest BCUT2D eigenvalue weighted by molar-refractivity contribution is 8.04. The number of ether oxygens (including phenoxy) is 2. The van der Waals surface area contributed by atoms with Crippen molar-refractivity contribution >= 4 is 35.3 Å². The van der Waals surface area contributed by atoms with E-state index in [0.717, 1.165) is 30.0 Å². The fourth-order valence-corrected chi connectivity index (χ4v) is 7.59. The van der Waals surface area contributed by atoms with Gasteiger partial charge in [0.2, 0.25) is 5.91 Å². The van der Waals surface area contributed by atoms with Crippen LogP contribution < -0.4 is 25.6 Å². The van der Waals surface area contributed by atoms with Crippen molar-refractivity contribution in [3.05, 3.63) is 64.7 Å². The van der Waals surface area contributed by atoms with Crippen molar-refractivity contribution in [2.75, 3.05) is 38.3 Å². The van der Waals surface area contributed by atoms with E-state index >= 15 is 0 Å². The number of likely N-dealkylation sites (tertiary alicyclic amines) is 1. The molecule has 0 spiro atoms. The third-order valence-corrected chi connectivity index (χ3v) is 9.51. The number of para-hydroxylation sites is 1. The number of hydrogen-bond acceptors (Lipinski definition) is 7. The Morgan fingerprint density at radius 1 is 1.12 bits per heavy atom. The maximum Gasteiger partial charge on any atom is 0.326 e. The topological polar surface area (TPSA) is 112 Å². The third-order valence-electron chi connectivity index (χ3n) is 8.15. The molecule has 41 heavy (non-hydrogen) atoms. The van der Waals surface area contributed by atoms with E-state index in [2.05, 4.69) is 16.0 Å². The van der Waals surface area contributed by atoms with Crippen LogP contribution >= 0.6 is 11.8 Å². The van der Waals surface area contributed by atoms with Crippen molar-refractivity contribution in [2.45, 2.75) is 43.6 Å². The minimum absolute atomic E-state index is 0.00992. The molecule has 0 saturated carbocycles. The first-order valence-electron chi connectivity index (χ1n) is 14.1. The zero-order valence-corrected chi connectivity index (χ0v) is 24.0. The number of carbonyl (C=O) groups is 3. The number of rotatable bonds is 8.